The number of rotatable bonds is 6. The molecule has 2 amide bonds. The lowest BCUT2D eigenvalue weighted by molar-refractivity contribution is -0.135. The van der Waals surface area contributed by atoms with Gasteiger partial charge in [0.1, 0.15) is 6.04 Å². The van der Waals surface area contributed by atoms with Crippen molar-refractivity contribution in [3.8, 4) is 0 Å². The van der Waals surface area contributed by atoms with Crippen LogP contribution >= 0.6 is 0 Å². The van der Waals surface area contributed by atoms with E-state index in [1.54, 1.807) is 17.0 Å². The zero-order chi connectivity index (χ0) is 21.8. The van der Waals surface area contributed by atoms with Gasteiger partial charge in [-0.25, -0.2) is 8.42 Å². The van der Waals surface area contributed by atoms with Gasteiger partial charge in [-0.15, -0.1) is 0 Å². The molecule has 0 spiro atoms. The number of piperazine rings is 1. The number of carbonyl (C=O) groups excluding carboxylic acids is 2. The molecule has 0 bridgehead atoms. The first-order chi connectivity index (χ1) is 14.9. The molecule has 0 saturated carbocycles. The predicted octanol–water partition coefficient (Wildman–Crippen LogP) is 0.952. The van der Waals surface area contributed by atoms with E-state index in [-0.39, 0.29) is 29.2 Å². The summed E-state index contributed by atoms with van der Waals surface area (Å²) in [7, 11) is -2.94. The van der Waals surface area contributed by atoms with Gasteiger partial charge in [0.15, 0.2) is 15.6 Å². The zero-order valence-corrected chi connectivity index (χ0v) is 18.1. The molecule has 0 radical (unpaired) electrons. The van der Waals surface area contributed by atoms with Gasteiger partial charge in [-0.1, -0.05) is 30.3 Å². The zero-order valence-electron chi connectivity index (χ0n) is 17.3. The van der Waals surface area contributed by atoms with Gasteiger partial charge in [0, 0.05) is 38.6 Å². The van der Waals surface area contributed by atoms with E-state index in [1.807, 2.05) is 30.3 Å². The third-order valence-electron chi connectivity index (χ3n) is 5.98. The van der Waals surface area contributed by atoms with Gasteiger partial charge in [0.25, 0.3) is 5.91 Å². The monoisotopic (exact) mass is 445 g/mol. The van der Waals surface area contributed by atoms with Crippen LogP contribution in [0.2, 0.25) is 0 Å². The van der Waals surface area contributed by atoms with E-state index < -0.39 is 21.8 Å². The molecule has 8 nitrogen and oxygen atoms in total. The van der Waals surface area contributed by atoms with Crippen LogP contribution in [-0.2, 0) is 21.1 Å². The Kier molecular flexibility index (Phi) is 6.43. The Morgan fingerprint density at radius 2 is 1.81 bits per heavy atom. The highest BCUT2D eigenvalue weighted by molar-refractivity contribution is 7.91. The number of hydrogen-bond acceptors (Lipinski definition) is 6. The fraction of sp³-hybridized carbons (Fsp3) is 0.455. The lowest BCUT2D eigenvalue weighted by Crippen LogP contribution is -2.57. The molecule has 0 aliphatic carbocycles. The van der Waals surface area contributed by atoms with Crippen LogP contribution in [0.25, 0.3) is 0 Å². The van der Waals surface area contributed by atoms with Crippen molar-refractivity contribution >= 4 is 21.7 Å². The molecule has 9 heteroatoms. The van der Waals surface area contributed by atoms with Crippen molar-refractivity contribution in [3.63, 3.8) is 0 Å². The molecule has 2 aliphatic heterocycles. The van der Waals surface area contributed by atoms with Gasteiger partial charge in [0.05, 0.1) is 17.8 Å². The Balaban J connectivity index is 1.41. The number of sulfone groups is 1. The number of amides is 2. The average Bonchev–Trinajstić information content (AvgIpc) is 3.43. The van der Waals surface area contributed by atoms with E-state index in [4.69, 9.17) is 4.42 Å². The van der Waals surface area contributed by atoms with Crippen molar-refractivity contribution in [1.29, 1.82) is 0 Å². The predicted molar refractivity (Wildman–Crippen MR) is 115 cm³/mol. The molecule has 2 fully saturated rings. The number of nitrogens with zero attached hydrogens (tertiary/aromatic N) is 2. The van der Waals surface area contributed by atoms with Gasteiger partial charge >= 0.3 is 0 Å². The van der Waals surface area contributed by atoms with Crippen molar-refractivity contribution in [3.05, 3.63) is 60.1 Å². The standard InChI is InChI=1S/C22H27N3O5S/c26-21(20-7-4-13-30-20)23-19(15-17-5-2-1-3-6-17)22(27)25-11-9-24(10-12-25)18-8-14-31(28,29)16-18/h1-7,13,18-19H,8-12,14-16H2,(H,23,26)/t18-,19+/m0/s1. The van der Waals surface area contributed by atoms with Crippen LogP contribution in [0.5, 0.6) is 0 Å². The highest BCUT2D eigenvalue weighted by atomic mass is 32.2. The summed E-state index contributed by atoms with van der Waals surface area (Å²) in [5.41, 5.74) is 0.954. The largest absolute Gasteiger partial charge is 0.459 e. The van der Waals surface area contributed by atoms with Crippen LogP contribution in [0.15, 0.2) is 53.1 Å². The van der Waals surface area contributed by atoms with E-state index in [1.165, 1.54) is 6.26 Å². The van der Waals surface area contributed by atoms with Crippen LogP contribution in [0.3, 0.4) is 0 Å². The van der Waals surface area contributed by atoms with Gasteiger partial charge in [-0.3, -0.25) is 14.5 Å². The average molecular weight is 446 g/mol. The fourth-order valence-electron chi connectivity index (χ4n) is 4.28. The molecule has 2 aromatic rings. The van der Waals surface area contributed by atoms with Gasteiger partial charge in [-0.05, 0) is 24.1 Å². The smallest absolute Gasteiger partial charge is 0.287 e. The second-order valence-corrected chi connectivity index (χ2v) is 10.3. The number of hydrogen-bond donors (Lipinski definition) is 1. The molecule has 2 atom stereocenters. The normalized spacial score (nSPS) is 22.2. The van der Waals surface area contributed by atoms with E-state index in [2.05, 4.69) is 10.2 Å². The lowest BCUT2D eigenvalue weighted by Gasteiger charge is -2.39. The van der Waals surface area contributed by atoms with Crippen LogP contribution < -0.4 is 5.32 Å². The van der Waals surface area contributed by atoms with Gasteiger partial charge in [-0.2, -0.15) is 0 Å². The summed E-state index contributed by atoms with van der Waals surface area (Å²) in [5, 5.41) is 2.83. The van der Waals surface area contributed by atoms with Crippen LogP contribution in [0.4, 0.5) is 0 Å². The SMILES string of the molecule is O=C(N[C@H](Cc1ccccc1)C(=O)N1CCN([C@H]2CCS(=O)(=O)C2)CC1)c1ccco1. The second kappa shape index (κ2) is 9.23. The van der Waals surface area contributed by atoms with Crippen molar-refractivity contribution in [2.75, 3.05) is 37.7 Å². The van der Waals surface area contributed by atoms with E-state index in [0.717, 1.165) is 5.56 Å². The summed E-state index contributed by atoms with van der Waals surface area (Å²) in [6, 6.07) is 12.1. The quantitative estimate of drug-likeness (QED) is 0.711. The first-order valence-corrected chi connectivity index (χ1v) is 12.3. The number of nitrogens with one attached hydrogen (secondary N) is 1. The summed E-state index contributed by atoms with van der Waals surface area (Å²) < 4.78 is 28.7. The van der Waals surface area contributed by atoms with Crippen molar-refractivity contribution in [1.82, 2.24) is 15.1 Å². The van der Waals surface area contributed by atoms with Crippen LogP contribution in [0.1, 0.15) is 22.5 Å². The maximum absolute atomic E-state index is 13.3. The van der Waals surface area contributed by atoms with Crippen molar-refractivity contribution in [2.24, 2.45) is 0 Å². The van der Waals surface area contributed by atoms with Gasteiger partial charge in [0.2, 0.25) is 5.91 Å². The molecule has 31 heavy (non-hydrogen) atoms. The van der Waals surface area contributed by atoms with E-state index in [0.29, 0.717) is 39.0 Å². The molecule has 2 saturated heterocycles. The third-order valence-corrected chi connectivity index (χ3v) is 7.73. The van der Waals surface area contributed by atoms with Crippen molar-refractivity contribution < 1.29 is 22.4 Å². The molecule has 4 rings (SSSR count). The molecule has 3 heterocycles. The van der Waals surface area contributed by atoms with E-state index in [9.17, 15) is 18.0 Å². The highest BCUT2D eigenvalue weighted by Gasteiger charge is 2.35. The third kappa shape index (κ3) is 5.34. The molecular weight excluding hydrogens is 418 g/mol. The maximum atomic E-state index is 13.3. The lowest BCUT2D eigenvalue weighted by atomic mass is 10.0. The summed E-state index contributed by atoms with van der Waals surface area (Å²) in [4.78, 5) is 29.8. The molecule has 1 N–H and O–H groups in total. The Morgan fingerprint density at radius 3 is 2.42 bits per heavy atom. The van der Waals surface area contributed by atoms with Gasteiger partial charge < -0.3 is 14.6 Å². The summed E-state index contributed by atoms with van der Waals surface area (Å²) in [6.07, 6.45) is 2.46. The number of benzene rings is 1. The highest BCUT2D eigenvalue weighted by Crippen LogP contribution is 2.20. The molecule has 1 aromatic carbocycles. The van der Waals surface area contributed by atoms with E-state index >= 15 is 0 Å². The number of furan rings is 1. The summed E-state index contributed by atoms with van der Waals surface area (Å²) >= 11 is 0. The van der Waals surface area contributed by atoms with Crippen LogP contribution in [0, 0.1) is 0 Å². The molecule has 166 valence electrons. The van der Waals surface area contributed by atoms with Crippen LogP contribution in [-0.4, -0.2) is 79.8 Å². The summed E-state index contributed by atoms with van der Waals surface area (Å²) in [5.74, 6) is 0.0561. The topological polar surface area (TPSA) is 99.9 Å². The Morgan fingerprint density at radius 1 is 1.06 bits per heavy atom. The minimum absolute atomic E-state index is 0.0426. The molecular formula is C22H27N3O5S. The maximum Gasteiger partial charge on any atom is 0.287 e. The van der Waals surface area contributed by atoms with Crippen molar-refractivity contribution in [2.45, 2.75) is 24.9 Å². The molecule has 2 aliphatic rings. The first-order valence-electron chi connectivity index (χ1n) is 10.5. The molecule has 1 aromatic heterocycles. The Hall–Kier alpha value is -2.65. The summed E-state index contributed by atoms with van der Waals surface area (Å²) in [6.45, 7) is 2.29. The minimum Gasteiger partial charge on any atom is -0.459 e. The first kappa shape index (κ1) is 21.6. The second-order valence-electron chi connectivity index (χ2n) is 8.11. The number of carbonyl (C=O) groups is 2. The minimum atomic E-state index is -2.94. The molecule has 0 unspecified atom stereocenters. The Bertz CT molecular complexity index is 999. The Labute approximate surface area is 182 Å². The fourth-order valence-corrected chi connectivity index (χ4v) is 6.04.